The van der Waals surface area contributed by atoms with Gasteiger partial charge in [0.1, 0.15) is 0 Å². The maximum absolute atomic E-state index is 10.6. The van der Waals surface area contributed by atoms with Gasteiger partial charge in [-0.3, -0.25) is 4.79 Å². The largest absolute Gasteiger partial charge is 0.481 e. The second-order valence-electron chi connectivity index (χ2n) is 4.96. The second-order valence-corrected chi connectivity index (χ2v) is 4.96. The molecule has 0 saturated carbocycles. The van der Waals surface area contributed by atoms with Crippen molar-refractivity contribution < 1.29 is 15.0 Å². The standard InChI is InChI=1S/C14H28O3/c1-3-4-5-6-7-8-9-10-11-13(15)12(2)14(16)17/h12-13,15H,3-11H2,1-2H3,(H,16,17)/t12-,13-/m1/s1. The predicted octanol–water partition coefficient (Wildman–Crippen LogP) is 3.60. The molecule has 0 aromatic rings. The molecule has 0 aliphatic rings. The van der Waals surface area contributed by atoms with Crippen molar-refractivity contribution in [2.45, 2.75) is 77.7 Å². The molecule has 0 bridgehead atoms. The number of carbonyl (C=O) groups is 1. The fourth-order valence-electron chi connectivity index (χ4n) is 1.90. The molecule has 0 amide bonds. The van der Waals surface area contributed by atoms with E-state index in [1.165, 1.54) is 38.5 Å². The Bertz CT molecular complexity index is 192. The van der Waals surface area contributed by atoms with Crippen LogP contribution in [0.3, 0.4) is 0 Å². The Hall–Kier alpha value is -0.570. The summed E-state index contributed by atoms with van der Waals surface area (Å²) in [5, 5.41) is 18.3. The second kappa shape index (κ2) is 10.6. The Kier molecular flexibility index (Phi) is 10.2. The van der Waals surface area contributed by atoms with Gasteiger partial charge < -0.3 is 10.2 Å². The van der Waals surface area contributed by atoms with E-state index < -0.39 is 18.0 Å². The zero-order chi connectivity index (χ0) is 13.1. The maximum atomic E-state index is 10.6. The van der Waals surface area contributed by atoms with Crippen LogP contribution in [-0.2, 0) is 4.79 Å². The van der Waals surface area contributed by atoms with Gasteiger partial charge in [0, 0.05) is 0 Å². The Morgan fingerprint density at radius 1 is 1.00 bits per heavy atom. The number of hydrogen-bond acceptors (Lipinski definition) is 2. The molecular weight excluding hydrogens is 216 g/mol. The van der Waals surface area contributed by atoms with Gasteiger partial charge in [0.05, 0.1) is 12.0 Å². The Balaban J connectivity index is 3.30. The molecule has 102 valence electrons. The third kappa shape index (κ3) is 9.16. The molecule has 0 aliphatic carbocycles. The molecule has 3 heteroatoms. The molecule has 0 aromatic heterocycles. The molecule has 2 atom stereocenters. The van der Waals surface area contributed by atoms with Crippen molar-refractivity contribution >= 4 is 5.97 Å². The van der Waals surface area contributed by atoms with Crippen molar-refractivity contribution in [2.24, 2.45) is 5.92 Å². The first-order chi connectivity index (χ1) is 8.09. The highest BCUT2D eigenvalue weighted by Gasteiger charge is 2.20. The van der Waals surface area contributed by atoms with E-state index in [4.69, 9.17) is 5.11 Å². The summed E-state index contributed by atoms with van der Waals surface area (Å²) in [5.41, 5.74) is 0. The van der Waals surface area contributed by atoms with Gasteiger partial charge in [-0.2, -0.15) is 0 Å². The summed E-state index contributed by atoms with van der Waals surface area (Å²) in [4.78, 5) is 10.6. The third-order valence-electron chi connectivity index (χ3n) is 3.32. The van der Waals surface area contributed by atoms with Crippen LogP contribution in [0.15, 0.2) is 0 Å². The summed E-state index contributed by atoms with van der Waals surface area (Å²) in [6.07, 6.45) is 9.69. The van der Waals surface area contributed by atoms with E-state index in [0.717, 1.165) is 12.8 Å². The van der Waals surface area contributed by atoms with E-state index in [-0.39, 0.29) is 0 Å². The summed E-state index contributed by atoms with van der Waals surface area (Å²) in [7, 11) is 0. The van der Waals surface area contributed by atoms with Crippen molar-refractivity contribution in [2.75, 3.05) is 0 Å². The Morgan fingerprint density at radius 2 is 1.47 bits per heavy atom. The number of aliphatic carboxylic acids is 1. The highest BCUT2D eigenvalue weighted by molar-refractivity contribution is 5.70. The number of aliphatic hydroxyl groups is 1. The van der Waals surface area contributed by atoms with E-state index in [9.17, 15) is 9.90 Å². The van der Waals surface area contributed by atoms with Crippen molar-refractivity contribution in [3.05, 3.63) is 0 Å². The van der Waals surface area contributed by atoms with Crippen LogP contribution in [0.4, 0.5) is 0 Å². The van der Waals surface area contributed by atoms with Gasteiger partial charge in [-0.1, -0.05) is 58.3 Å². The van der Waals surface area contributed by atoms with Crippen molar-refractivity contribution in [1.82, 2.24) is 0 Å². The van der Waals surface area contributed by atoms with Crippen LogP contribution in [0.5, 0.6) is 0 Å². The lowest BCUT2D eigenvalue weighted by Crippen LogP contribution is -2.25. The minimum Gasteiger partial charge on any atom is -0.481 e. The molecule has 0 saturated heterocycles. The molecule has 0 unspecified atom stereocenters. The molecule has 0 heterocycles. The summed E-state index contributed by atoms with van der Waals surface area (Å²) in [6, 6.07) is 0. The van der Waals surface area contributed by atoms with Gasteiger partial charge >= 0.3 is 5.97 Å². The molecule has 0 fully saturated rings. The number of carboxylic acids is 1. The number of hydrogen-bond donors (Lipinski definition) is 2. The van der Waals surface area contributed by atoms with Gasteiger partial charge in [-0.25, -0.2) is 0 Å². The molecule has 0 spiro atoms. The molecule has 0 aromatic carbocycles. The monoisotopic (exact) mass is 244 g/mol. The van der Waals surface area contributed by atoms with Crippen LogP contribution in [-0.4, -0.2) is 22.3 Å². The van der Waals surface area contributed by atoms with Crippen molar-refractivity contribution in [1.29, 1.82) is 0 Å². The predicted molar refractivity (Wildman–Crippen MR) is 70.0 cm³/mol. The summed E-state index contributed by atoms with van der Waals surface area (Å²) in [6.45, 7) is 3.78. The minimum atomic E-state index is -0.905. The number of aliphatic hydroxyl groups excluding tert-OH is 1. The first-order valence-electron chi connectivity index (χ1n) is 7.00. The SMILES string of the molecule is CCCCCCCCCC[C@@H](O)[C@@H](C)C(=O)O. The van der Waals surface area contributed by atoms with Crippen LogP contribution < -0.4 is 0 Å². The lowest BCUT2D eigenvalue weighted by Gasteiger charge is -2.14. The summed E-state index contributed by atoms with van der Waals surface area (Å²) < 4.78 is 0. The van der Waals surface area contributed by atoms with E-state index in [2.05, 4.69) is 6.92 Å². The highest BCUT2D eigenvalue weighted by atomic mass is 16.4. The van der Waals surface area contributed by atoms with Crippen LogP contribution in [0, 0.1) is 5.92 Å². The van der Waals surface area contributed by atoms with Crippen LogP contribution in [0.1, 0.15) is 71.6 Å². The van der Waals surface area contributed by atoms with Crippen LogP contribution >= 0.6 is 0 Å². The van der Waals surface area contributed by atoms with Gasteiger partial charge in [0.15, 0.2) is 0 Å². The minimum absolute atomic E-state index is 0.614. The molecule has 3 nitrogen and oxygen atoms in total. The lowest BCUT2D eigenvalue weighted by atomic mass is 9.98. The van der Waals surface area contributed by atoms with Crippen LogP contribution in [0.2, 0.25) is 0 Å². The lowest BCUT2D eigenvalue weighted by molar-refractivity contribution is -0.144. The topological polar surface area (TPSA) is 57.5 Å². The smallest absolute Gasteiger partial charge is 0.308 e. The molecule has 17 heavy (non-hydrogen) atoms. The molecule has 0 aliphatic heterocycles. The summed E-state index contributed by atoms with van der Waals surface area (Å²) >= 11 is 0. The highest BCUT2D eigenvalue weighted by Crippen LogP contribution is 2.14. The first kappa shape index (κ1) is 16.4. The Labute approximate surface area is 105 Å². The maximum Gasteiger partial charge on any atom is 0.308 e. The van der Waals surface area contributed by atoms with Gasteiger partial charge in [-0.15, -0.1) is 0 Å². The quantitative estimate of drug-likeness (QED) is 0.546. The average molecular weight is 244 g/mol. The van der Waals surface area contributed by atoms with Crippen molar-refractivity contribution in [3.63, 3.8) is 0 Å². The van der Waals surface area contributed by atoms with E-state index in [0.29, 0.717) is 6.42 Å². The summed E-state index contributed by atoms with van der Waals surface area (Å²) in [5.74, 6) is -1.54. The molecule has 0 radical (unpaired) electrons. The van der Waals surface area contributed by atoms with E-state index >= 15 is 0 Å². The first-order valence-corrected chi connectivity index (χ1v) is 7.00. The number of rotatable bonds is 11. The molecular formula is C14H28O3. The zero-order valence-corrected chi connectivity index (χ0v) is 11.3. The van der Waals surface area contributed by atoms with Gasteiger partial charge in [0.25, 0.3) is 0 Å². The van der Waals surface area contributed by atoms with E-state index in [1.807, 2.05) is 0 Å². The van der Waals surface area contributed by atoms with Gasteiger partial charge in [-0.05, 0) is 13.3 Å². The number of unbranched alkanes of at least 4 members (excludes halogenated alkanes) is 7. The van der Waals surface area contributed by atoms with Crippen molar-refractivity contribution in [3.8, 4) is 0 Å². The molecule has 0 rings (SSSR count). The zero-order valence-electron chi connectivity index (χ0n) is 11.3. The normalized spacial score (nSPS) is 14.5. The number of carboxylic acid groups (broad SMARTS) is 1. The van der Waals surface area contributed by atoms with Gasteiger partial charge in [0.2, 0.25) is 0 Å². The van der Waals surface area contributed by atoms with Crippen LogP contribution in [0.25, 0.3) is 0 Å². The van der Waals surface area contributed by atoms with E-state index in [1.54, 1.807) is 6.92 Å². The fraction of sp³-hybridized carbons (Fsp3) is 0.929. The Morgan fingerprint density at radius 3 is 1.94 bits per heavy atom. The third-order valence-corrected chi connectivity index (χ3v) is 3.32. The molecule has 2 N–H and O–H groups in total. The average Bonchev–Trinajstić information content (AvgIpc) is 2.31. The fourth-order valence-corrected chi connectivity index (χ4v) is 1.90.